The molecule has 1 fully saturated rings. The van der Waals surface area contributed by atoms with E-state index < -0.39 is 7.82 Å². The fourth-order valence-corrected chi connectivity index (χ4v) is 2.11. The minimum Gasteiger partial charge on any atom is -0.369 e. The maximum absolute atomic E-state index is 10.9. The second-order valence-corrected chi connectivity index (χ2v) is 4.93. The van der Waals surface area contributed by atoms with Crippen LogP contribution in [0.5, 0.6) is 0 Å². The number of hydrogen-bond acceptors (Lipinski definition) is 4. The van der Waals surface area contributed by atoms with Gasteiger partial charge in [0.05, 0.1) is 19.8 Å². The fraction of sp³-hybridized carbons (Fsp3) is 0.400. The Labute approximate surface area is 93.6 Å². The molecule has 1 aliphatic rings. The summed E-state index contributed by atoms with van der Waals surface area (Å²) in [5, 5.41) is 0. The maximum atomic E-state index is 10.9. The van der Waals surface area contributed by atoms with Gasteiger partial charge in [-0.15, -0.1) is 0 Å². The van der Waals surface area contributed by atoms with Crippen LogP contribution in [0.15, 0.2) is 30.3 Å². The lowest BCUT2D eigenvalue weighted by Crippen LogP contribution is -2.29. The van der Waals surface area contributed by atoms with Crippen molar-refractivity contribution in [2.45, 2.75) is 12.7 Å². The Bertz CT molecular complexity index is 368. The number of rotatable bonds is 3. The molecule has 0 unspecified atom stereocenters. The van der Waals surface area contributed by atoms with Crippen LogP contribution in [0.3, 0.4) is 0 Å². The van der Waals surface area contributed by atoms with Crippen molar-refractivity contribution >= 4 is 7.82 Å². The molecule has 2 rings (SSSR count). The number of ether oxygens (including phenoxy) is 1. The largest absolute Gasteiger partial charge is 0.472 e. The van der Waals surface area contributed by atoms with Crippen molar-refractivity contribution in [3.8, 4) is 0 Å². The number of benzene rings is 1. The standard InChI is InChI=1S/C10H13O5P/c11-16(12)14-7-10(8-15-16)13-6-9-4-2-1-3-5-9/h1-5,10H,6-8H2,(H,11,12). The van der Waals surface area contributed by atoms with Crippen molar-refractivity contribution in [1.82, 2.24) is 0 Å². The molecule has 0 aromatic heterocycles. The zero-order valence-corrected chi connectivity index (χ0v) is 9.51. The highest BCUT2D eigenvalue weighted by Crippen LogP contribution is 2.46. The van der Waals surface area contributed by atoms with Gasteiger partial charge in [-0.05, 0) is 5.56 Å². The molecule has 0 amide bonds. The van der Waals surface area contributed by atoms with E-state index in [1.54, 1.807) is 0 Å². The molecule has 0 saturated carbocycles. The van der Waals surface area contributed by atoms with Crippen molar-refractivity contribution in [2.75, 3.05) is 13.2 Å². The Kier molecular flexibility index (Phi) is 3.74. The number of phosphoric ester groups is 1. The average molecular weight is 244 g/mol. The minimum absolute atomic E-state index is 0.0839. The summed E-state index contributed by atoms with van der Waals surface area (Å²) in [6, 6.07) is 9.67. The Hall–Kier alpha value is -0.710. The molecular formula is C10H13O5P. The zero-order valence-electron chi connectivity index (χ0n) is 8.61. The molecule has 0 spiro atoms. The lowest BCUT2D eigenvalue weighted by atomic mass is 10.2. The van der Waals surface area contributed by atoms with Crippen LogP contribution in [0.25, 0.3) is 0 Å². The van der Waals surface area contributed by atoms with E-state index in [1.165, 1.54) is 0 Å². The molecule has 0 bridgehead atoms. The second-order valence-electron chi connectivity index (χ2n) is 3.48. The quantitative estimate of drug-likeness (QED) is 0.820. The molecule has 16 heavy (non-hydrogen) atoms. The number of phosphoric acid groups is 1. The molecule has 1 heterocycles. The van der Waals surface area contributed by atoms with Crippen molar-refractivity contribution in [3.63, 3.8) is 0 Å². The average Bonchev–Trinajstić information content (AvgIpc) is 2.29. The fourth-order valence-electron chi connectivity index (χ4n) is 1.32. The third kappa shape index (κ3) is 3.40. The van der Waals surface area contributed by atoms with E-state index in [0.29, 0.717) is 6.61 Å². The molecule has 1 aliphatic heterocycles. The first-order valence-corrected chi connectivity index (χ1v) is 6.43. The van der Waals surface area contributed by atoms with Gasteiger partial charge in [-0.3, -0.25) is 9.05 Å². The van der Waals surface area contributed by atoms with Gasteiger partial charge in [0, 0.05) is 0 Å². The van der Waals surface area contributed by atoms with Gasteiger partial charge < -0.3 is 9.63 Å². The van der Waals surface area contributed by atoms with Gasteiger partial charge in [-0.1, -0.05) is 30.3 Å². The van der Waals surface area contributed by atoms with Crippen molar-refractivity contribution in [3.05, 3.63) is 35.9 Å². The summed E-state index contributed by atoms with van der Waals surface area (Å²) in [4.78, 5) is 8.93. The topological polar surface area (TPSA) is 65.0 Å². The van der Waals surface area contributed by atoms with E-state index in [0.717, 1.165) is 5.56 Å². The van der Waals surface area contributed by atoms with Crippen LogP contribution in [0, 0.1) is 0 Å². The molecule has 1 aromatic carbocycles. The van der Waals surface area contributed by atoms with E-state index in [-0.39, 0.29) is 19.3 Å². The Morgan fingerprint density at radius 2 is 1.94 bits per heavy atom. The highest BCUT2D eigenvalue weighted by molar-refractivity contribution is 7.47. The van der Waals surface area contributed by atoms with Crippen LogP contribution in [0.2, 0.25) is 0 Å². The van der Waals surface area contributed by atoms with E-state index in [9.17, 15) is 4.57 Å². The van der Waals surface area contributed by atoms with E-state index >= 15 is 0 Å². The van der Waals surface area contributed by atoms with E-state index in [4.69, 9.17) is 9.63 Å². The van der Waals surface area contributed by atoms with Gasteiger partial charge in [0.1, 0.15) is 6.10 Å². The summed E-state index contributed by atoms with van der Waals surface area (Å²) in [5.74, 6) is 0. The molecule has 88 valence electrons. The summed E-state index contributed by atoms with van der Waals surface area (Å²) in [6.45, 7) is 0.606. The Balaban J connectivity index is 1.78. The molecule has 0 atom stereocenters. The van der Waals surface area contributed by atoms with Crippen molar-refractivity contribution in [2.24, 2.45) is 0 Å². The highest BCUT2D eigenvalue weighted by atomic mass is 31.2. The van der Waals surface area contributed by atoms with Gasteiger partial charge in [0.2, 0.25) is 0 Å². The second kappa shape index (κ2) is 5.08. The Morgan fingerprint density at radius 1 is 1.31 bits per heavy atom. The van der Waals surface area contributed by atoms with E-state index in [1.807, 2.05) is 30.3 Å². The monoisotopic (exact) mass is 244 g/mol. The first-order valence-electron chi connectivity index (χ1n) is 4.93. The Morgan fingerprint density at radius 3 is 2.56 bits per heavy atom. The highest BCUT2D eigenvalue weighted by Gasteiger charge is 2.30. The summed E-state index contributed by atoms with van der Waals surface area (Å²) in [7, 11) is -3.80. The summed E-state index contributed by atoms with van der Waals surface area (Å²) in [6.07, 6.45) is -0.297. The van der Waals surface area contributed by atoms with Crippen molar-refractivity contribution in [1.29, 1.82) is 0 Å². The number of hydrogen-bond donors (Lipinski definition) is 1. The normalized spacial score (nSPS) is 30.2. The predicted octanol–water partition coefficient (Wildman–Crippen LogP) is 1.72. The molecular weight excluding hydrogens is 231 g/mol. The smallest absolute Gasteiger partial charge is 0.369 e. The molecule has 1 saturated heterocycles. The van der Waals surface area contributed by atoms with Gasteiger partial charge in [0.15, 0.2) is 0 Å². The third-order valence-electron chi connectivity index (χ3n) is 2.18. The first kappa shape index (κ1) is 11.8. The summed E-state index contributed by atoms with van der Waals surface area (Å²) < 4.78 is 25.6. The minimum atomic E-state index is -3.80. The SMILES string of the molecule is O=P1(O)OCC(OCc2ccccc2)CO1. The van der Waals surface area contributed by atoms with Crippen LogP contribution in [-0.4, -0.2) is 24.2 Å². The summed E-state index contributed by atoms with van der Waals surface area (Å²) >= 11 is 0. The third-order valence-corrected chi connectivity index (χ3v) is 3.13. The molecule has 0 aliphatic carbocycles. The van der Waals surface area contributed by atoms with Crippen LogP contribution in [0.4, 0.5) is 0 Å². The van der Waals surface area contributed by atoms with Gasteiger partial charge in [-0.2, -0.15) is 0 Å². The zero-order chi connectivity index (χ0) is 11.4. The predicted molar refractivity (Wildman–Crippen MR) is 56.7 cm³/mol. The van der Waals surface area contributed by atoms with E-state index in [2.05, 4.69) is 9.05 Å². The first-order chi connectivity index (χ1) is 7.66. The lowest BCUT2D eigenvalue weighted by molar-refractivity contribution is -0.0562. The van der Waals surface area contributed by atoms with Crippen LogP contribution >= 0.6 is 7.82 Å². The van der Waals surface area contributed by atoms with Crippen LogP contribution < -0.4 is 0 Å². The molecule has 6 heteroatoms. The maximum Gasteiger partial charge on any atom is 0.472 e. The lowest BCUT2D eigenvalue weighted by Gasteiger charge is -2.25. The van der Waals surface area contributed by atoms with Crippen LogP contribution in [0.1, 0.15) is 5.56 Å². The molecule has 5 nitrogen and oxygen atoms in total. The molecule has 0 radical (unpaired) electrons. The summed E-state index contributed by atoms with van der Waals surface area (Å²) in [5.41, 5.74) is 1.04. The van der Waals surface area contributed by atoms with Gasteiger partial charge >= 0.3 is 7.82 Å². The van der Waals surface area contributed by atoms with Crippen LogP contribution in [-0.2, 0) is 25.0 Å². The van der Waals surface area contributed by atoms with Gasteiger partial charge in [-0.25, -0.2) is 4.57 Å². The molecule has 1 N–H and O–H groups in total. The molecule has 1 aromatic rings. The van der Waals surface area contributed by atoms with Gasteiger partial charge in [0.25, 0.3) is 0 Å². The van der Waals surface area contributed by atoms with Crippen molar-refractivity contribution < 1.29 is 23.2 Å².